The second-order valence-corrected chi connectivity index (χ2v) is 7.77. The minimum Gasteiger partial charge on any atom is -0.482 e. The summed E-state index contributed by atoms with van der Waals surface area (Å²) in [6, 6.07) is 12.7. The molecule has 156 valence electrons. The number of carbonyl (C=O) groups is 2. The molecule has 2 aromatic carbocycles. The highest BCUT2D eigenvalue weighted by Crippen LogP contribution is 2.27. The van der Waals surface area contributed by atoms with Gasteiger partial charge in [-0.1, -0.05) is 18.7 Å². The summed E-state index contributed by atoms with van der Waals surface area (Å²) in [4.78, 5) is 35.7. The molecule has 1 unspecified atom stereocenters. The van der Waals surface area contributed by atoms with Gasteiger partial charge in [-0.25, -0.2) is 9.59 Å². The second kappa shape index (κ2) is 10.0. The Balaban J connectivity index is 1.52. The van der Waals surface area contributed by atoms with E-state index in [4.69, 9.17) is 14.2 Å². The van der Waals surface area contributed by atoms with Crippen molar-refractivity contribution in [3.63, 3.8) is 0 Å². The van der Waals surface area contributed by atoms with Gasteiger partial charge in [0.1, 0.15) is 5.75 Å². The molecule has 1 heterocycles. The van der Waals surface area contributed by atoms with Crippen LogP contribution in [-0.4, -0.2) is 31.3 Å². The summed E-state index contributed by atoms with van der Waals surface area (Å²) in [5.74, 6) is -0.545. The second-order valence-electron chi connectivity index (χ2n) is 6.69. The third kappa shape index (κ3) is 5.45. The van der Waals surface area contributed by atoms with E-state index in [2.05, 4.69) is 6.58 Å². The van der Waals surface area contributed by atoms with Crippen molar-refractivity contribution in [3.05, 3.63) is 65.3 Å². The number of hydrogen-bond donors (Lipinski definition) is 0. The molecule has 0 saturated carbocycles. The lowest BCUT2D eigenvalue weighted by atomic mass is 10.2. The molecule has 1 aromatic heterocycles. The highest BCUT2D eigenvalue weighted by molar-refractivity contribution is 7.24. The highest BCUT2D eigenvalue weighted by Gasteiger charge is 2.10. The van der Waals surface area contributed by atoms with E-state index in [0.29, 0.717) is 29.4 Å². The highest BCUT2D eigenvalue weighted by atomic mass is 32.1. The van der Waals surface area contributed by atoms with Crippen LogP contribution in [0.4, 0.5) is 0 Å². The van der Waals surface area contributed by atoms with E-state index >= 15 is 0 Å². The van der Waals surface area contributed by atoms with Gasteiger partial charge < -0.3 is 14.2 Å². The van der Waals surface area contributed by atoms with Gasteiger partial charge in [-0.05, 0) is 50.1 Å². The number of hydrogen-bond acceptors (Lipinski definition) is 7. The van der Waals surface area contributed by atoms with E-state index in [1.807, 2.05) is 24.3 Å². The predicted octanol–water partition coefficient (Wildman–Crippen LogP) is 4.23. The molecule has 0 saturated heterocycles. The van der Waals surface area contributed by atoms with E-state index in [1.165, 1.54) is 11.3 Å². The van der Waals surface area contributed by atoms with Gasteiger partial charge in [0, 0.05) is 26.2 Å². The molecule has 7 heteroatoms. The van der Waals surface area contributed by atoms with E-state index in [1.54, 1.807) is 25.1 Å². The normalized spacial score (nSPS) is 11.8. The third-order valence-corrected chi connectivity index (χ3v) is 5.56. The fourth-order valence-electron chi connectivity index (χ4n) is 2.92. The molecule has 6 nitrogen and oxygen atoms in total. The Bertz CT molecular complexity index is 1130. The van der Waals surface area contributed by atoms with Crippen LogP contribution in [0.3, 0.4) is 0 Å². The molecule has 0 radical (unpaired) electrons. The SMILES string of the molecule is C=CC(=O)OC(C)CCCOC(=O)COc1ccc2sc3ccccc3c(=O)c2c1. The van der Waals surface area contributed by atoms with Crippen molar-refractivity contribution in [2.75, 3.05) is 13.2 Å². The molecule has 0 fully saturated rings. The summed E-state index contributed by atoms with van der Waals surface area (Å²) in [6.45, 7) is 5.05. The first kappa shape index (κ1) is 21.5. The van der Waals surface area contributed by atoms with Gasteiger partial charge in [0.25, 0.3) is 0 Å². The quantitative estimate of drug-likeness (QED) is 0.220. The predicted molar refractivity (Wildman–Crippen MR) is 117 cm³/mol. The summed E-state index contributed by atoms with van der Waals surface area (Å²) in [5, 5.41) is 1.23. The molecule has 0 aliphatic carbocycles. The molecule has 0 aliphatic rings. The van der Waals surface area contributed by atoms with Crippen LogP contribution < -0.4 is 10.2 Å². The van der Waals surface area contributed by atoms with Crippen molar-refractivity contribution in [1.29, 1.82) is 0 Å². The zero-order valence-electron chi connectivity index (χ0n) is 16.6. The minimum atomic E-state index is -0.505. The van der Waals surface area contributed by atoms with Crippen LogP contribution >= 0.6 is 11.3 Å². The molecule has 3 rings (SSSR count). The Labute approximate surface area is 177 Å². The van der Waals surface area contributed by atoms with Crippen molar-refractivity contribution in [3.8, 4) is 5.75 Å². The molecular weight excluding hydrogens is 404 g/mol. The lowest BCUT2D eigenvalue weighted by Gasteiger charge is -2.12. The minimum absolute atomic E-state index is 0.0568. The largest absolute Gasteiger partial charge is 0.482 e. The fourth-order valence-corrected chi connectivity index (χ4v) is 3.97. The van der Waals surface area contributed by atoms with Crippen LogP contribution in [0.5, 0.6) is 5.75 Å². The first-order valence-corrected chi connectivity index (χ1v) is 10.4. The van der Waals surface area contributed by atoms with Crippen LogP contribution in [-0.2, 0) is 19.1 Å². The Kier molecular flexibility index (Phi) is 7.19. The molecule has 30 heavy (non-hydrogen) atoms. The van der Waals surface area contributed by atoms with Crippen LogP contribution in [0.1, 0.15) is 19.8 Å². The number of ether oxygens (including phenoxy) is 3. The van der Waals surface area contributed by atoms with Crippen LogP contribution in [0.15, 0.2) is 59.9 Å². The van der Waals surface area contributed by atoms with E-state index in [-0.39, 0.29) is 24.7 Å². The maximum atomic E-state index is 12.7. The maximum absolute atomic E-state index is 12.7. The number of rotatable bonds is 9. The lowest BCUT2D eigenvalue weighted by Crippen LogP contribution is -2.17. The van der Waals surface area contributed by atoms with Crippen LogP contribution in [0.2, 0.25) is 0 Å². The Morgan fingerprint density at radius 1 is 1.13 bits per heavy atom. The summed E-state index contributed by atoms with van der Waals surface area (Å²) >= 11 is 1.54. The standard InChI is InChI=1S/C23H22O6S/c1-3-21(24)29-15(2)7-6-12-27-22(25)14-28-16-10-11-20-18(13-16)23(26)17-8-4-5-9-19(17)30-20/h3-5,8-11,13,15H,1,6-7,12,14H2,2H3. The number of esters is 2. The summed E-state index contributed by atoms with van der Waals surface area (Å²) in [6.07, 6.45) is 1.96. The van der Waals surface area contributed by atoms with Crippen molar-refractivity contribution in [1.82, 2.24) is 0 Å². The van der Waals surface area contributed by atoms with Gasteiger partial charge in [-0.3, -0.25) is 4.79 Å². The Morgan fingerprint density at radius 2 is 1.90 bits per heavy atom. The molecule has 0 bridgehead atoms. The molecular formula is C23H22O6S. The van der Waals surface area contributed by atoms with Gasteiger partial charge in [0.05, 0.1) is 12.7 Å². The first-order valence-electron chi connectivity index (χ1n) is 9.55. The number of fused-ring (bicyclic) bond motifs is 2. The zero-order valence-corrected chi connectivity index (χ0v) is 17.4. The monoisotopic (exact) mass is 426 g/mol. The van der Waals surface area contributed by atoms with E-state index in [0.717, 1.165) is 15.5 Å². The average Bonchev–Trinajstić information content (AvgIpc) is 2.75. The Hall–Kier alpha value is -3.19. The van der Waals surface area contributed by atoms with Crippen molar-refractivity contribution in [2.24, 2.45) is 0 Å². The van der Waals surface area contributed by atoms with E-state index < -0.39 is 11.9 Å². The lowest BCUT2D eigenvalue weighted by molar-refractivity contribution is -0.147. The van der Waals surface area contributed by atoms with Gasteiger partial charge in [0.15, 0.2) is 12.0 Å². The third-order valence-electron chi connectivity index (χ3n) is 4.41. The van der Waals surface area contributed by atoms with Gasteiger partial charge in [-0.15, -0.1) is 11.3 Å². The fraction of sp³-hybridized carbons (Fsp3) is 0.261. The molecule has 0 aliphatic heterocycles. The topological polar surface area (TPSA) is 78.9 Å². The molecule has 1 atom stereocenters. The van der Waals surface area contributed by atoms with Gasteiger partial charge in [0.2, 0.25) is 0 Å². The Morgan fingerprint density at radius 3 is 2.70 bits per heavy atom. The number of benzene rings is 2. The summed E-state index contributed by atoms with van der Waals surface area (Å²) in [7, 11) is 0. The first-order chi connectivity index (χ1) is 14.5. The zero-order chi connectivity index (χ0) is 21.5. The molecule has 0 spiro atoms. The smallest absolute Gasteiger partial charge is 0.344 e. The van der Waals surface area contributed by atoms with Crippen molar-refractivity contribution < 1.29 is 23.8 Å². The van der Waals surface area contributed by atoms with E-state index in [9.17, 15) is 14.4 Å². The number of carbonyl (C=O) groups excluding carboxylic acids is 2. The maximum Gasteiger partial charge on any atom is 0.344 e. The van der Waals surface area contributed by atoms with Gasteiger partial charge >= 0.3 is 11.9 Å². The average molecular weight is 426 g/mol. The van der Waals surface area contributed by atoms with Crippen LogP contribution in [0.25, 0.3) is 20.2 Å². The van der Waals surface area contributed by atoms with Crippen LogP contribution in [0, 0.1) is 0 Å². The molecule has 0 amide bonds. The van der Waals surface area contributed by atoms with Crippen molar-refractivity contribution >= 4 is 43.4 Å². The summed E-state index contributed by atoms with van der Waals surface area (Å²) in [5.41, 5.74) is -0.0568. The summed E-state index contributed by atoms with van der Waals surface area (Å²) < 4.78 is 17.5. The van der Waals surface area contributed by atoms with Gasteiger partial charge in [-0.2, -0.15) is 0 Å². The molecule has 3 aromatic rings. The molecule has 0 N–H and O–H groups in total. The van der Waals surface area contributed by atoms with Crippen molar-refractivity contribution in [2.45, 2.75) is 25.9 Å².